The van der Waals surface area contributed by atoms with Crippen molar-refractivity contribution >= 4 is 5.91 Å². The Morgan fingerprint density at radius 2 is 1.27 bits per heavy atom. The molecule has 6 nitrogen and oxygen atoms in total. The summed E-state index contributed by atoms with van der Waals surface area (Å²) in [5.41, 5.74) is 2.44. The number of nitroso groups, excluding NO2 is 1. The van der Waals surface area contributed by atoms with E-state index in [-0.39, 0.29) is 22.9 Å². The van der Waals surface area contributed by atoms with Gasteiger partial charge in [0.15, 0.2) is 0 Å². The number of rotatable bonds is 15. The predicted molar refractivity (Wildman–Crippen MR) is 168 cm³/mol. The number of hydrogen-bond donors (Lipinski definition) is 3. The number of aliphatic hydroxyl groups excluding tert-OH is 3. The van der Waals surface area contributed by atoms with Crippen molar-refractivity contribution in [3.63, 3.8) is 0 Å². The van der Waals surface area contributed by atoms with Crippen LogP contribution in [-0.4, -0.2) is 40.0 Å². The Kier molecular flexibility index (Phi) is 12.3. The molecule has 0 aromatic heterocycles. The van der Waals surface area contributed by atoms with Gasteiger partial charge in [-0.15, -0.1) is 4.91 Å². The molecule has 2 aliphatic carbocycles. The van der Waals surface area contributed by atoms with Crippen LogP contribution in [-0.2, 0) is 4.79 Å². The van der Waals surface area contributed by atoms with Crippen LogP contribution in [0.15, 0.2) is 63.9 Å². The first kappa shape index (κ1) is 35.0. The Balaban J connectivity index is 2.06. The van der Waals surface area contributed by atoms with E-state index in [9.17, 15) is 25.0 Å². The highest BCUT2D eigenvalue weighted by atomic mass is 16.3. The molecule has 0 bridgehead atoms. The lowest BCUT2D eigenvalue weighted by molar-refractivity contribution is -0.126. The lowest BCUT2D eigenvalue weighted by Crippen LogP contribution is -2.24. The third-order valence-corrected chi connectivity index (χ3v) is 8.90. The van der Waals surface area contributed by atoms with E-state index in [2.05, 4.69) is 71.0 Å². The molecular weight excluding hydrogens is 514 g/mol. The number of allylic oxidation sites excluding steroid dienone is 4. The molecular formula is C35H55NO5. The van der Waals surface area contributed by atoms with Crippen LogP contribution < -0.4 is 0 Å². The molecule has 2 aliphatic rings. The normalized spacial score (nSPS) is 23.8. The smallest absolute Gasteiger partial charge is 0.291 e. The fourth-order valence-electron chi connectivity index (χ4n) is 5.91. The summed E-state index contributed by atoms with van der Waals surface area (Å²) in [4.78, 5) is 22.4. The van der Waals surface area contributed by atoms with Crippen molar-refractivity contribution < 1.29 is 20.1 Å². The monoisotopic (exact) mass is 569 g/mol. The predicted octanol–water partition coefficient (Wildman–Crippen LogP) is 7.90. The molecule has 0 spiro atoms. The van der Waals surface area contributed by atoms with E-state index in [1.165, 1.54) is 0 Å². The summed E-state index contributed by atoms with van der Waals surface area (Å²) in [5.74, 6) is -0.618. The maximum absolute atomic E-state index is 11.7. The van der Waals surface area contributed by atoms with Crippen LogP contribution in [0, 0.1) is 26.6 Å². The van der Waals surface area contributed by atoms with Crippen molar-refractivity contribution in [2.24, 2.45) is 26.8 Å². The minimum Gasteiger partial charge on any atom is -0.396 e. The van der Waals surface area contributed by atoms with Crippen molar-refractivity contribution in [3.05, 3.63) is 63.7 Å². The van der Waals surface area contributed by atoms with Crippen LogP contribution in [0.4, 0.5) is 0 Å². The molecule has 0 aromatic carbocycles. The lowest BCUT2D eigenvalue weighted by atomic mass is 9.76. The average Bonchev–Trinajstić information content (AvgIpc) is 2.90. The van der Waals surface area contributed by atoms with E-state index in [0.717, 1.165) is 67.2 Å². The average molecular weight is 570 g/mol. The maximum Gasteiger partial charge on any atom is 0.291 e. The summed E-state index contributed by atoms with van der Waals surface area (Å²) in [6.07, 6.45) is 18.5. The minimum absolute atomic E-state index is 0.0360. The molecule has 230 valence electrons. The number of nitrogens with zero attached hydrogens (tertiary/aromatic N) is 1. The van der Waals surface area contributed by atoms with Gasteiger partial charge in [0, 0.05) is 28.0 Å². The second-order valence-corrected chi connectivity index (χ2v) is 14.5. The zero-order valence-electron chi connectivity index (χ0n) is 26.8. The summed E-state index contributed by atoms with van der Waals surface area (Å²) in [6, 6.07) is 0. The molecule has 0 saturated heterocycles. The summed E-state index contributed by atoms with van der Waals surface area (Å²) in [5, 5.41) is 34.8. The Hall–Kier alpha value is -2.15. The van der Waals surface area contributed by atoms with E-state index in [1.54, 1.807) is 13.8 Å². The largest absolute Gasteiger partial charge is 0.396 e. The van der Waals surface area contributed by atoms with E-state index >= 15 is 0 Å². The van der Waals surface area contributed by atoms with Gasteiger partial charge in [0.1, 0.15) is 0 Å². The van der Waals surface area contributed by atoms with Gasteiger partial charge in [-0.1, -0.05) is 105 Å². The van der Waals surface area contributed by atoms with E-state index < -0.39 is 23.5 Å². The molecule has 0 saturated carbocycles. The summed E-state index contributed by atoms with van der Waals surface area (Å²) >= 11 is 0. The highest BCUT2D eigenvalue weighted by molar-refractivity contribution is 5.82. The molecule has 6 heteroatoms. The quantitative estimate of drug-likeness (QED) is 0.106. The number of carbonyl (C=O) groups excluding carboxylic acids is 1. The molecule has 3 atom stereocenters. The molecule has 3 unspecified atom stereocenters. The SMILES string of the molecule is CCC(C)(CO)CCCCC1=CC(C)(C)C=C(/C=C\C2=CC(C)(C)C=C(CCCCC(C)(C)C(=O)N=O)C2O)C1O. The summed E-state index contributed by atoms with van der Waals surface area (Å²) < 4.78 is 0. The van der Waals surface area contributed by atoms with Crippen molar-refractivity contribution in [2.75, 3.05) is 6.61 Å². The molecule has 0 aliphatic heterocycles. The van der Waals surface area contributed by atoms with Gasteiger partial charge in [0.25, 0.3) is 5.91 Å². The first-order chi connectivity index (χ1) is 19.0. The Labute approximate surface area is 248 Å². The highest BCUT2D eigenvalue weighted by Gasteiger charge is 2.30. The fraction of sp³-hybridized carbons (Fsp3) is 0.686. The molecule has 0 radical (unpaired) electrons. The second-order valence-electron chi connectivity index (χ2n) is 14.5. The first-order valence-electron chi connectivity index (χ1n) is 15.4. The van der Waals surface area contributed by atoms with Crippen LogP contribution in [0.1, 0.15) is 113 Å². The van der Waals surface area contributed by atoms with Crippen molar-refractivity contribution in [2.45, 2.75) is 125 Å². The third-order valence-electron chi connectivity index (χ3n) is 8.90. The van der Waals surface area contributed by atoms with E-state index in [4.69, 9.17) is 0 Å². The summed E-state index contributed by atoms with van der Waals surface area (Å²) in [6.45, 7) is 16.5. The van der Waals surface area contributed by atoms with Gasteiger partial charge in [0.2, 0.25) is 0 Å². The van der Waals surface area contributed by atoms with Gasteiger partial charge >= 0.3 is 0 Å². The van der Waals surface area contributed by atoms with Crippen LogP contribution in [0.3, 0.4) is 0 Å². The Morgan fingerprint density at radius 1 is 0.829 bits per heavy atom. The molecule has 2 rings (SSSR count). The summed E-state index contributed by atoms with van der Waals surface area (Å²) in [7, 11) is 0. The van der Waals surface area contributed by atoms with Gasteiger partial charge in [-0.3, -0.25) is 4.79 Å². The van der Waals surface area contributed by atoms with Crippen LogP contribution >= 0.6 is 0 Å². The third kappa shape index (κ3) is 10.3. The van der Waals surface area contributed by atoms with Crippen LogP contribution in [0.5, 0.6) is 0 Å². The van der Waals surface area contributed by atoms with E-state index in [1.807, 2.05) is 12.2 Å². The number of aliphatic hydroxyl groups is 3. The zero-order chi connectivity index (χ0) is 31.1. The van der Waals surface area contributed by atoms with Gasteiger partial charge in [-0.2, -0.15) is 0 Å². The van der Waals surface area contributed by atoms with Crippen molar-refractivity contribution in [1.82, 2.24) is 0 Å². The minimum atomic E-state index is -0.764. The first-order valence-corrected chi connectivity index (χ1v) is 15.4. The van der Waals surface area contributed by atoms with Crippen molar-refractivity contribution in [1.29, 1.82) is 0 Å². The van der Waals surface area contributed by atoms with Gasteiger partial charge in [0.05, 0.1) is 12.2 Å². The number of carbonyl (C=O) groups is 1. The van der Waals surface area contributed by atoms with E-state index in [0.29, 0.717) is 12.8 Å². The number of unbranched alkanes of at least 4 members (excludes halogenated alkanes) is 2. The molecule has 0 aromatic rings. The van der Waals surface area contributed by atoms with Gasteiger partial charge in [-0.05, 0) is 72.7 Å². The molecule has 1 amide bonds. The highest BCUT2D eigenvalue weighted by Crippen LogP contribution is 2.38. The van der Waals surface area contributed by atoms with Crippen molar-refractivity contribution in [3.8, 4) is 0 Å². The topological polar surface area (TPSA) is 107 Å². The Morgan fingerprint density at radius 3 is 1.66 bits per heavy atom. The zero-order valence-corrected chi connectivity index (χ0v) is 26.8. The van der Waals surface area contributed by atoms with Crippen LogP contribution in [0.2, 0.25) is 0 Å². The molecule has 0 fully saturated rings. The maximum atomic E-state index is 11.7. The Bertz CT molecular complexity index is 1080. The second kappa shape index (κ2) is 14.3. The van der Waals surface area contributed by atoms with Gasteiger partial charge in [-0.25, -0.2) is 0 Å². The molecule has 0 heterocycles. The van der Waals surface area contributed by atoms with Crippen LogP contribution in [0.25, 0.3) is 0 Å². The standard InChI is InChI=1S/C35H55NO5/c1-9-35(8,24-37)19-13-11-15-26-21-33(4,5)23-28(30(26)39)17-16-27-22-32(2,3)20-25(29(27)38)14-10-12-18-34(6,7)31(40)36-41/h16-17,20-23,29-30,37-39H,9-15,18-19,24H2,1-8H3/b17-16-. The number of amides is 1. The number of hydrogen-bond acceptors (Lipinski definition) is 5. The molecule has 3 N–H and O–H groups in total. The fourth-order valence-corrected chi connectivity index (χ4v) is 5.91. The van der Waals surface area contributed by atoms with Gasteiger partial charge < -0.3 is 15.3 Å². The molecule has 41 heavy (non-hydrogen) atoms. The lowest BCUT2D eigenvalue weighted by Gasteiger charge is -2.31.